The summed E-state index contributed by atoms with van der Waals surface area (Å²) in [7, 11) is 0. The van der Waals surface area contributed by atoms with Crippen molar-refractivity contribution in [2.45, 2.75) is 26.2 Å². The fourth-order valence-electron chi connectivity index (χ4n) is 1.56. The van der Waals surface area contributed by atoms with Gasteiger partial charge in [-0.25, -0.2) is 0 Å². The fourth-order valence-corrected chi connectivity index (χ4v) is 1.90. The first-order valence-corrected chi connectivity index (χ1v) is 5.19. The number of allylic oxidation sites excluding steroid dienone is 3. The van der Waals surface area contributed by atoms with E-state index in [1.165, 1.54) is 0 Å². The van der Waals surface area contributed by atoms with E-state index < -0.39 is 5.97 Å². The predicted molar refractivity (Wildman–Crippen MR) is 60.5 cm³/mol. The maximum absolute atomic E-state index is 10.6. The van der Waals surface area contributed by atoms with E-state index in [0.29, 0.717) is 0 Å². The van der Waals surface area contributed by atoms with Gasteiger partial charge in [0.15, 0.2) is 0 Å². The normalized spacial score (nSPS) is 20.8. The van der Waals surface area contributed by atoms with Gasteiger partial charge in [-0.3, -0.25) is 4.79 Å². The largest absolute Gasteiger partial charge is 0.481 e. The lowest BCUT2D eigenvalue weighted by atomic mass is 9.89. The van der Waals surface area contributed by atoms with Crippen LogP contribution in [0.3, 0.4) is 0 Å². The van der Waals surface area contributed by atoms with Gasteiger partial charge in [-0.05, 0) is 12.0 Å². The average Bonchev–Trinajstić information content (AvgIpc) is 2.11. The van der Waals surface area contributed by atoms with Crippen molar-refractivity contribution in [1.82, 2.24) is 0 Å². The minimum atomic E-state index is -0.816. The number of thiocarbonyl (C=S) groups is 1. The van der Waals surface area contributed by atoms with Crippen LogP contribution in [0.15, 0.2) is 23.8 Å². The van der Waals surface area contributed by atoms with Gasteiger partial charge < -0.3 is 5.11 Å². The molecule has 0 fully saturated rings. The summed E-state index contributed by atoms with van der Waals surface area (Å²) >= 11 is 5.25. The van der Waals surface area contributed by atoms with Crippen molar-refractivity contribution in [3.8, 4) is 0 Å². The van der Waals surface area contributed by atoms with Gasteiger partial charge in [-0.15, -0.1) is 0 Å². The fraction of sp³-hybridized carbons (Fsp3) is 0.455. The van der Waals surface area contributed by atoms with Gasteiger partial charge in [0.1, 0.15) is 0 Å². The Bertz CT molecular complexity index is 302. The molecule has 76 valence electrons. The highest BCUT2D eigenvalue weighted by molar-refractivity contribution is 7.80. The van der Waals surface area contributed by atoms with E-state index in [9.17, 15) is 4.79 Å². The topological polar surface area (TPSA) is 37.3 Å². The van der Waals surface area contributed by atoms with Crippen molar-refractivity contribution < 1.29 is 9.90 Å². The van der Waals surface area contributed by atoms with Crippen LogP contribution in [0.25, 0.3) is 0 Å². The molecule has 1 unspecified atom stereocenters. The predicted octanol–water partition coefficient (Wildman–Crippen LogP) is 2.74. The highest BCUT2D eigenvalue weighted by Gasteiger charge is 2.18. The van der Waals surface area contributed by atoms with E-state index in [0.717, 1.165) is 23.3 Å². The number of carboxylic acid groups (broad SMARTS) is 1. The number of carbonyl (C=O) groups is 1. The van der Waals surface area contributed by atoms with Gasteiger partial charge in [0.05, 0.1) is 6.42 Å². The second-order valence-corrected chi connectivity index (χ2v) is 3.85. The third kappa shape index (κ3) is 2.77. The summed E-state index contributed by atoms with van der Waals surface area (Å²) < 4.78 is 0. The molecule has 14 heavy (non-hydrogen) atoms. The van der Waals surface area contributed by atoms with E-state index in [-0.39, 0.29) is 12.3 Å². The van der Waals surface area contributed by atoms with Gasteiger partial charge in [0, 0.05) is 10.8 Å². The first-order valence-electron chi connectivity index (χ1n) is 4.78. The third-order valence-electron chi connectivity index (χ3n) is 2.24. The highest BCUT2D eigenvalue weighted by atomic mass is 32.1. The lowest BCUT2D eigenvalue weighted by Crippen LogP contribution is -2.17. The zero-order valence-corrected chi connectivity index (χ0v) is 9.01. The van der Waals surface area contributed by atoms with E-state index >= 15 is 0 Å². The van der Waals surface area contributed by atoms with Crippen LogP contribution in [-0.4, -0.2) is 15.9 Å². The number of carboxylic acids is 1. The van der Waals surface area contributed by atoms with Crippen LogP contribution in [0.5, 0.6) is 0 Å². The summed E-state index contributed by atoms with van der Waals surface area (Å²) in [5, 5.41) is 8.68. The third-order valence-corrected chi connectivity index (χ3v) is 2.80. The number of aliphatic carboxylic acids is 1. The first kappa shape index (κ1) is 11.1. The van der Waals surface area contributed by atoms with Crippen LogP contribution in [0.4, 0.5) is 0 Å². The lowest BCUT2D eigenvalue weighted by Gasteiger charge is -2.18. The van der Waals surface area contributed by atoms with E-state index in [1.807, 2.05) is 12.2 Å². The summed E-state index contributed by atoms with van der Waals surface area (Å²) in [4.78, 5) is 11.4. The molecule has 1 aliphatic rings. The lowest BCUT2D eigenvalue weighted by molar-refractivity contribution is -0.136. The van der Waals surface area contributed by atoms with Crippen LogP contribution in [-0.2, 0) is 4.79 Å². The minimum absolute atomic E-state index is 0.0450. The molecule has 2 nitrogen and oxygen atoms in total. The molecule has 3 heteroatoms. The standard InChI is InChI=1S/C11H14O2S/c1-2-4-8-5-3-6-9(11(8)14)7-10(12)13/h3,5-6,8H,2,4,7H2,1H3,(H,12,13). The van der Waals surface area contributed by atoms with E-state index in [2.05, 4.69) is 13.0 Å². The maximum Gasteiger partial charge on any atom is 0.307 e. The molecular formula is C11H14O2S. The second-order valence-electron chi connectivity index (χ2n) is 3.41. The van der Waals surface area contributed by atoms with Crippen molar-refractivity contribution in [3.05, 3.63) is 23.8 Å². The van der Waals surface area contributed by atoms with Gasteiger partial charge in [0.2, 0.25) is 0 Å². The first-order chi connectivity index (χ1) is 6.65. The molecule has 0 aromatic rings. The highest BCUT2D eigenvalue weighted by Crippen LogP contribution is 2.22. The molecule has 0 spiro atoms. The Morgan fingerprint density at radius 1 is 1.64 bits per heavy atom. The van der Waals surface area contributed by atoms with Crippen molar-refractivity contribution in [2.24, 2.45) is 5.92 Å². The van der Waals surface area contributed by atoms with E-state index in [1.54, 1.807) is 0 Å². The van der Waals surface area contributed by atoms with Crippen molar-refractivity contribution in [2.75, 3.05) is 0 Å². The zero-order valence-electron chi connectivity index (χ0n) is 8.19. The number of hydrogen-bond acceptors (Lipinski definition) is 2. The van der Waals surface area contributed by atoms with Crippen molar-refractivity contribution in [3.63, 3.8) is 0 Å². The number of rotatable bonds is 4. The molecule has 1 rings (SSSR count). The zero-order chi connectivity index (χ0) is 10.6. The van der Waals surface area contributed by atoms with E-state index in [4.69, 9.17) is 17.3 Å². The van der Waals surface area contributed by atoms with Crippen LogP contribution in [0.2, 0.25) is 0 Å². The van der Waals surface area contributed by atoms with Crippen molar-refractivity contribution >= 4 is 23.1 Å². The van der Waals surface area contributed by atoms with Crippen LogP contribution < -0.4 is 0 Å². The molecule has 1 N–H and O–H groups in total. The molecule has 0 aliphatic heterocycles. The molecule has 0 bridgehead atoms. The Balaban J connectivity index is 2.69. The molecule has 0 amide bonds. The molecule has 0 aromatic carbocycles. The Morgan fingerprint density at radius 3 is 2.93 bits per heavy atom. The average molecular weight is 210 g/mol. The monoisotopic (exact) mass is 210 g/mol. The van der Waals surface area contributed by atoms with Crippen molar-refractivity contribution in [1.29, 1.82) is 0 Å². The summed E-state index contributed by atoms with van der Waals surface area (Å²) in [5.74, 6) is -0.557. The van der Waals surface area contributed by atoms with Gasteiger partial charge in [-0.2, -0.15) is 0 Å². The Kier molecular flexibility index (Phi) is 4.01. The molecule has 1 aliphatic carbocycles. The molecule has 0 saturated heterocycles. The molecule has 0 aromatic heterocycles. The molecule has 1 atom stereocenters. The molecular weight excluding hydrogens is 196 g/mol. The van der Waals surface area contributed by atoms with Gasteiger partial charge in [-0.1, -0.05) is 43.8 Å². The summed E-state index contributed by atoms with van der Waals surface area (Å²) in [6, 6.07) is 0. The van der Waals surface area contributed by atoms with Crippen LogP contribution in [0, 0.1) is 5.92 Å². The smallest absolute Gasteiger partial charge is 0.307 e. The quantitative estimate of drug-likeness (QED) is 0.725. The maximum atomic E-state index is 10.6. The SMILES string of the molecule is CCCC1C=CC=C(CC(=O)O)C1=S. The molecule has 0 radical (unpaired) electrons. The number of hydrogen-bond donors (Lipinski definition) is 1. The molecule has 0 saturated carbocycles. The minimum Gasteiger partial charge on any atom is -0.481 e. The summed E-state index contributed by atoms with van der Waals surface area (Å²) in [6.45, 7) is 2.10. The Labute approximate surface area is 89.3 Å². The second kappa shape index (κ2) is 5.05. The Hall–Kier alpha value is -0.960. The summed E-state index contributed by atoms with van der Waals surface area (Å²) in [5.41, 5.74) is 0.786. The van der Waals surface area contributed by atoms with Crippen LogP contribution in [0.1, 0.15) is 26.2 Å². The summed E-state index contributed by atoms with van der Waals surface area (Å²) in [6.07, 6.45) is 7.89. The van der Waals surface area contributed by atoms with Crippen LogP contribution >= 0.6 is 12.2 Å². The molecule has 0 heterocycles. The Morgan fingerprint density at radius 2 is 2.36 bits per heavy atom. The van der Waals surface area contributed by atoms with Gasteiger partial charge in [0.25, 0.3) is 0 Å². The van der Waals surface area contributed by atoms with Gasteiger partial charge >= 0.3 is 5.97 Å².